The Labute approximate surface area is 148 Å². The Balaban J connectivity index is 1.59. The fourth-order valence-corrected chi connectivity index (χ4v) is 4.62. The maximum atomic E-state index is 12.7. The first kappa shape index (κ1) is 16.9. The quantitative estimate of drug-likeness (QED) is 0.778. The second-order valence-electron chi connectivity index (χ2n) is 6.77. The summed E-state index contributed by atoms with van der Waals surface area (Å²) in [6.07, 6.45) is 3.20. The molecule has 3 nitrogen and oxygen atoms in total. The molecule has 0 bridgehead atoms. The highest BCUT2D eigenvalue weighted by Crippen LogP contribution is 2.30. The normalized spacial score (nSPS) is 23.7. The van der Waals surface area contributed by atoms with Gasteiger partial charge in [0.2, 0.25) is 5.91 Å². The molecule has 1 amide bonds. The Kier molecular flexibility index (Phi) is 5.39. The van der Waals surface area contributed by atoms with Gasteiger partial charge in [0, 0.05) is 13.1 Å². The summed E-state index contributed by atoms with van der Waals surface area (Å²) in [5, 5.41) is -0.0612. The highest BCUT2D eigenvalue weighted by Gasteiger charge is 2.37. The predicted octanol–water partition coefficient (Wildman–Crippen LogP) is 3.46. The van der Waals surface area contributed by atoms with Gasteiger partial charge in [0.1, 0.15) is 4.32 Å². The monoisotopic (exact) mass is 348 g/mol. The Morgan fingerprint density at radius 3 is 2.52 bits per heavy atom. The van der Waals surface area contributed by atoms with Crippen LogP contribution in [0.3, 0.4) is 0 Å². The summed E-state index contributed by atoms with van der Waals surface area (Å²) in [5.41, 5.74) is 2.45. The van der Waals surface area contributed by atoms with Crippen molar-refractivity contribution in [3.8, 4) is 0 Å². The lowest BCUT2D eigenvalue weighted by molar-refractivity contribution is -0.127. The summed E-state index contributed by atoms with van der Waals surface area (Å²) in [6.45, 7) is 7.19. The molecule has 2 fully saturated rings. The van der Waals surface area contributed by atoms with E-state index in [9.17, 15) is 4.79 Å². The average molecular weight is 349 g/mol. The number of nitrogens with zero attached hydrogens (tertiary/aromatic N) is 2. The number of amides is 1. The van der Waals surface area contributed by atoms with Gasteiger partial charge in [-0.3, -0.25) is 14.6 Å². The van der Waals surface area contributed by atoms with E-state index in [1.807, 2.05) is 4.90 Å². The molecule has 0 spiro atoms. The van der Waals surface area contributed by atoms with E-state index in [2.05, 4.69) is 43.0 Å². The highest BCUT2D eigenvalue weighted by atomic mass is 32.2. The summed E-state index contributed by atoms with van der Waals surface area (Å²) in [5.74, 6) is 0.982. The summed E-state index contributed by atoms with van der Waals surface area (Å²) in [6, 6.07) is 8.43. The van der Waals surface area contributed by atoms with E-state index in [-0.39, 0.29) is 11.2 Å². The Morgan fingerprint density at radius 1 is 1.22 bits per heavy atom. The number of carbonyl (C=O) groups excluding carboxylic acids is 1. The molecule has 0 aromatic heterocycles. The largest absolute Gasteiger partial charge is 0.286 e. The molecule has 124 valence electrons. The van der Waals surface area contributed by atoms with Crippen molar-refractivity contribution in [1.29, 1.82) is 0 Å². The zero-order valence-electron chi connectivity index (χ0n) is 13.8. The molecule has 5 heteroatoms. The number of hydrogen-bond acceptors (Lipinski definition) is 4. The minimum Gasteiger partial charge on any atom is -0.286 e. The second kappa shape index (κ2) is 7.32. The summed E-state index contributed by atoms with van der Waals surface area (Å²) >= 11 is 7.02. The van der Waals surface area contributed by atoms with Gasteiger partial charge in [0.05, 0.1) is 11.9 Å². The van der Waals surface area contributed by atoms with E-state index in [1.54, 1.807) is 11.8 Å². The number of carbonyl (C=O) groups is 1. The van der Waals surface area contributed by atoms with Gasteiger partial charge in [-0.05, 0) is 37.7 Å². The van der Waals surface area contributed by atoms with Crippen LogP contribution in [0, 0.1) is 12.8 Å². The molecule has 0 saturated carbocycles. The van der Waals surface area contributed by atoms with Gasteiger partial charge in [-0.15, -0.1) is 0 Å². The molecule has 1 aromatic carbocycles. The lowest BCUT2D eigenvalue weighted by Gasteiger charge is -2.32. The third kappa shape index (κ3) is 4.14. The molecular weight excluding hydrogens is 324 g/mol. The van der Waals surface area contributed by atoms with Gasteiger partial charge >= 0.3 is 0 Å². The SMILES string of the molecule is Cc1ccc(CC2SC(=S)N(CN3CCC(C)CC3)C2=O)cc1. The van der Waals surface area contributed by atoms with Gasteiger partial charge in [-0.25, -0.2) is 0 Å². The molecule has 2 saturated heterocycles. The minimum absolute atomic E-state index is 0.0612. The van der Waals surface area contributed by atoms with E-state index in [1.165, 1.54) is 24.0 Å². The lowest BCUT2D eigenvalue weighted by Crippen LogP contribution is -2.44. The number of hydrogen-bond donors (Lipinski definition) is 0. The Bertz CT molecular complexity index is 579. The number of benzene rings is 1. The van der Waals surface area contributed by atoms with Crippen molar-refractivity contribution >= 4 is 34.2 Å². The van der Waals surface area contributed by atoms with Gasteiger partial charge in [-0.2, -0.15) is 0 Å². The molecule has 2 aliphatic rings. The molecule has 1 aromatic rings. The molecular formula is C18H24N2OS2. The first-order chi connectivity index (χ1) is 11.0. The fourth-order valence-electron chi connectivity index (χ4n) is 3.10. The zero-order chi connectivity index (χ0) is 16.4. The van der Waals surface area contributed by atoms with Crippen LogP contribution >= 0.6 is 24.0 Å². The van der Waals surface area contributed by atoms with Crippen LogP contribution in [-0.4, -0.2) is 45.0 Å². The van der Waals surface area contributed by atoms with Crippen LogP contribution in [-0.2, 0) is 11.2 Å². The van der Waals surface area contributed by atoms with Crippen LogP contribution in [0.1, 0.15) is 30.9 Å². The zero-order valence-corrected chi connectivity index (χ0v) is 15.5. The van der Waals surface area contributed by atoms with E-state index in [4.69, 9.17) is 12.2 Å². The molecule has 2 heterocycles. The number of thiocarbonyl (C=S) groups is 1. The molecule has 0 N–H and O–H groups in total. The van der Waals surface area contributed by atoms with Gasteiger partial charge in [0.15, 0.2) is 0 Å². The Morgan fingerprint density at radius 2 is 1.87 bits per heavy atom. The second-order valence-corrected chi connectivity index (χ2v) is 8.61. The third-order valence-corrected chi connectivity index (χ3v) is 6.35. The van der Waals surface area contributed by atoms with Crippen molar-refractivity contribution < 1.29 is 4.79 Å². The predicted molar refractivity (Wildman–Crippen MR) is 101 cm³/mol. The summed E-state index contributed by atoms with van der Waals surface area (Å²) in [4.78, 5) is 16.9. The van der Waals surface area contributed by atoms with E-state index >= 15 is 0 Å². The molecule has 23 heavy (non-hydrogen) atoms. The maximum absolute atomic E-state index is 12.7. The maximum Gasteiger partial charge on any atom is 0.243 e. The van der Waals surface area contributed by atoms with E-state index in [0.717, 1.165) is 29.7 Å². The number of rotatable bonds is 4. The van der Waals surface area contributed by atoms with Gasteiger partial charge < -0.3 is 0 Å². The topological polar surface area (TPSA) is 23.6 Å². The van der Waals surface area contributed by atoms with E-state index < -0.39 is 0 Å². The number of aryl methyl sites for hydroxylation is 1. The van der Waals surface area contributed by atoms with Crippen LogP contribution in [0.15, 0.2) is 24.3 Å². The molecule has 1 atom stereocenters. The molecule has 0 radical (unpaired) electrons. The van der Waals surface area contributed by atoms with Crippen molar-refractivity contribution in [2.75, 3.05) is 19.8 Å². The van der Waals surface area contributed by atoms with Crippen LogP contribution in [0.2, 0.25) is 0 Å². The smallest absolute Gasteiger partial charge is 0.243 e. The van der Waals surface area contributed by atoms with E-state index in [0.29, 0.717) is 6.67 Å². The first-order valence-corrected chi connectivity index (χ1v) is 9.61. The van der Waals surface area contributed by atoms with Crippen molar-refractivity contribution in [2.24, 2.45) is 5.92 Å². The standard InChI is InChI=1S/C18H24N2OS2/c1-13-3-5-15(6-4-13)11-16-17(21)20(18(22)23-16)12-19-9-7-14(2)8-10-19/h3-6,14,16H,7-12H2,1-2H3. The summed E-state index contributed by atoms with van der Waals surface area (Å²) < 4.78 is 0.741. The van der Waals surface area contributed by atoms with Crippen molar-refractivity contribution in [3.63, 3.8) is 0 Å². The van der Waals surface area contributed by atoms with Crippen molar-refractivity contribution in [3.05, 3.63) is 35.4 Å². The molecule has 3 rings (SSSR count). The fraction of sp³-hybridized carbons (Fsp3) is 0.556. The van der Waals surface area contributed by atoms with Gasteiger partial charge in [0.25, 0.3) is 0 Å². The number of thioether (sulfide) groups is 1. The molecule has 2 aliphatic heterocycles. The first-order valence-electron chi connectivity index (χ1n) is 8.33. The molecule has 0 aliphatic carbocycles. The lowest BCUT2D eigenvalue weighted by atomic mass is 10.00. The number of piperidine rings is 1. The van der Waals surface area contributed by atoms with Crippen LogP contribution in [0.25, 0.3) is 0 Å². The highest BCUT2D eigenvalue weighted by molar-refractivity contribution is 8.24. The van der Waals surface area contributed by atoms with Crippen LogP contribution in [0.4, 0.5) is 0 Å². The van der Waals surface area contributed by atoms with Crippen LogP contribution in [0.5, 0.6) is 0 Å². The third-order valence-electron chi connectivity index (χ3n) is 4.76. The van der Waals surface area contributed by atoms with Gasteiger partial charge in [-0.1, -0.05) is 60.7 Å². The van der Waals surface area contributed by atoms with Crippen LogP contribution < -0.4 is 0 Å². The van der Waals surface area contributed by atoms with Crippen molar-refractivity contribution in [1.82, 2.24) is 9.80 Å². The average Bonchev–Trinajstić information content (AvgIpc) is 2.79. The van der Waals surface area contributed by atoms with Crippen molar-refractivity contribution in [2.45, 2.75) is 38.4 Å². The summed E-state index contributed by atoms with van der Waals surface area (Å²) in [7, 11) is 0. The minimum atomic E-state index is -0.0612. The molecule has 1 unspecified atom stereocenters. The number of likely N-dealkylation sites (tertiary alicyclic amines) is 1. The Hall–Kier alpha value is -0.910.